The van der Waals surface area contributed by atoms with E-state index < -0.39 is 0 Å². The molecule has 0 radical (unpaired) electrons. The molecule has 3 aromatic rings. The number of thiol groups is 1. The van der Waals surface area contributed by atoms with Gasteiger partial charge in [0.15, 0.2) is 0 Å². The van der Waals surface area contributed by atoms with Gasteiger partial charge in [-0.3, -0.25) is 4.79 Å². The fourth-order valence-electron chi connectivity index (χ4n) is 2.47. The van der Waals surface area contributed by atoms with E-state index in [1.807, 2.05) is 31.3 Å². The zero-order valence-corrected chi connectivity index (χ0v) is 14.0. The highest BCUT2D eigenvalue weighted by Crippen LogP contribution is 2.22. The topological polar surface area (TPSA) is 34.0 Å². The second kappa shape index (κ2) is 6.34. The van der Waals surface area contributed by atoms with Crippen molar-refractivity contribution in [2.45, 2.75) is 18.7 Å². The first-order valence-electron chi connectivity index (χ1n) is 7.40. The van der Waals surface area contributed by atoms with Crippen LogP contribution in [0.25, 0.3) is 5.69 Å². The first-order chi connectivity index (χ1) is 11.0. The smallest absolute Gasteiger partial charge is 0.255 e. The summed E-state index contributed by atoms with van der Waals surface area (Å²) in [5.41, 5.74) is 4.69. The van der Waals surface area contributed by atoms with Gasteiger partial charge in [-0.15, -0.1) is 12.6 Å². The normalized spacial score (nSPS) is 10.6. The number of rotatable bonds is 3. The Labute approximate surface area is 141 Å². The van der Waals surface area contributed by atoms with Gasteiger partial charge in [0.2, 0.25) is 0 Å². The molecule has 1 N–H and O–H groups in total. The van der Waals surface area contributed by atoms with Crippen LogP contribution >= 0.6 is 12.6 Å². The minimum absolute atomic E-state index is 0.134. The monoisotopic (exact) mass is 322 g/mol. The minimum atomic E-state index is -0.134. The van der Waals surface area contributed by atoms with Crippen molar-refractivity contribution in [3.8, 4) is 5.69 Å². The van der Waals surface area contributed by atoms with Crippen LogP contribution in [0.15, 0.2) is 65.7 Å². The third kappa shape index (κ3) is 3.32. The van der Waals surface area contributed by atoms with Crippen molar-refractivity contribution in [2.24, 2.45) is 0 Å². The quantitative estimate of drug-likeness (QED) is 0.677. The SMILES string of the molecule is Cc1ccc(-n2ccc(NC(=O)c3cccc(S)c3)c2C)cc1. The van der Waals surface area contributed by atoms with Crippen LogP contribution in [0.4, 0.5) is 5.69 Å². The average molecular weight is 322 g/mol. The Hall–Kier alpha value is -2.46. The lowest BCUT2D eigenvalue weighted by molar-refractivity contribution is 0.102. The third-order valence-electron chi connectivity index (χ3n) is 3.81. The number of nitrogens with one attached hydrogen (secondary N) is 1. The van der Waals surface area contributed by atoms with E-state index in [1.165, 1.54) is 5.56 Å². The summed E-state index contributed by atoms with van der Waals surface area (Å²) in [6, 6.07) is 17.4. The van der Waals surface area contributed by atoms with Gasteiger partial charge in [0.1, 0.15) is 0 Å². The van der Waals surface area contributed by atoms with Gasteiger partial charge >= 0.3 is 0 Å². The van der Waals surface area contributed by atoms with Gasteiger partial charge in [-0.1, -0.05) is 23.8 Å². The molecule has 0 fully saturated rings. The highest BCUT2D eigenvalue weighted by Gasteiger charge is 2.11. The van der Waals surface area contributed by atoms with Crippen LogP contribution in [0.3, 0.4) is 0 Å². The predicted molar refractivity (Wildman–Crippen MR) is 96.9 cm³/mol. The van der Waals surface area contributed by atoms with Gasteiger partial charge in [-0.25, -0.2) is 0 Å². The van der Waals surface area contributed by atoms with E-state index in [0.29, 0.717) is 5.56 Å². The maximum absolute atomic E-state index is 12.4. The molecule has 0 unspecified atom stereocenters. The van der Waals surface area contributed by atoms with Crippen molar-refractivity contribution in [2.75, 3.05) is 5.32 Å². The highest BCUT2D eigenvalue weighted by atomic mass is 32.1. The zero-order chi connectivity index (χ0) is 16.4. The summed E-state index contributed by atoms with van der Waals surface area (Å²) in [5.74, 6) is -0.134. The first-order valence-corrected chi connectivity index (χ1v) is 7.85. The van der Waals surface area contributed by atoms with E-state index in [-0.39, 0.29) is 5.91 Å². The lowest BCUT2D eigenvalue weighted by Crippen LogP contribution is -2.12. The summed E-state index contributed by atoms with van der Waals surface area (Å²) < 4.78 is 2.06. The Morgan fingerprint density at radius 2 is 1.78 bits per heavy atom. The second-order valence-electron chi connectivity index (χ2n) is 5.52. The standard InChI is InChI=1S/C19H18N2OS/c1-13-6-8-16(9-7-13)21-11-10-18(14(21)2)20-19(22)15-4-3-5-17(23)12-15/h3-12,23H,1-2H3,(H,20,22). The Balaban J connectivity index is 1.85. The largest absolute Gasteiger partial charge is 0.320 e. The molecule has 0 aliphatic heterocycles. The maximum Gasteiger partial charge on any atom is 0.255 e. The predicted octanol–water partition coefficient (Wildman–Crippen LogP) is 4.64. The molecule has 4 heteroatoms. The van der Waals surface area contributed by atoms with Crippen LogP contribution in [0.5, 0.6) is 0 Å². The van der Waals surface area contributed by atoms with Gasteiger partial charge < -0.3 is 9.88 Å². The lowest BCUT2D eigenvalue weighted by Gasteiger charge is -2.09. The molecule has 0 spiro atoms. The molecule has 23 heavy (non-hydrogen) atoms. The van der Waals surface area contributed by atoms with Crippen LogP contribution in [0.1, 0.15) is 21.6 Å². The van der Waals surface area contributed by atoms with Crippen LogP contribution in [-0.2, 0) is 0 Å². The third-order valence-corrected chi connectivity index (χ3v) is 4.09. The summed E-state index contributed by atoms with van der Waals surface area (Å²) in [7, 11) is 0. The van der Waals surface area contributed by atoms with Crippen molar-refractivity contribution in [3.05, 3.63) is 77.6 Å². The molecular weight excluding hydrogens is 304 g/mol. The number of aromatic nitrogens is 1. The Bertz CT molecular complexity index is 850. The molecule has 1 amide bonds. The minimum Gasteiger partial charge on any atom is -0.320 e. The fraction of sp³-hybridized carbons (Fsp3) is 0.105. The molecule has 0 atom stereocenters. The number of anilines is 1. The van der Waals surface area contributed by atoms with Gasteiger partial charge in [0, 0.05) is 28.0 Å². The molecule has 1 heterocycles. The number of amides is 1. The van der Waals surface area contributed by atoms with Crippen LogP contribution in [0, 0.1) is 13.8 Å². The van der Waals surface area contributed by atoms with Crippen molar-refractivity contribution in [3.63, 3.8) is 0 Å². The number of benzene rings is 2. The number of carbonyl (C=O) groups is 1. The van der Waals surface area contributed by atoms with E-state index in [0.717, 1.165) is 22.0 Å². The number of aryl methyl sites for hydroxylation is 1. The molecule has 2 aromatic carbocycles. The average Bonchev–Trinajstić information content (AvgIpc) is 2.89. The summed E-state index contributed by atoms with van der Waals surface area (Å²) >= 11 is 4.27. The van der Waals surface area contributed by atoms with Crippen LogP contribution in [-0.4, -0.2) is 10.5 Å². The molecule has 0 saturated heterocycles. The summed E-state index contributed by atoms with van der Waals surface area (Å²) in [4.78, 5) is 13.1. The molecule has 0 aliphatic rings. The van der Waals surface area contributed by atoms with Gasteiger partial charge in [-0.05, 0) is 50.2 Å². The highest BCUT2D eigenvalue weighted by molar-refractivity contribution is 7.80. The van der Waals surface area contributed by atoms with Gasteiger partial charge in [-0.2, -0.15) is 0 Å². The molecule has 3 nitrogen and oxygen atoms in total. The van der Waals surface area contributed by atoms with Crippen LogP contribution < -0.4 is 5.32 Å². The van der Waals surface area contributed by atoms with E-state index in [9.17, 15) is 4.79 Å². The van der Waals surface area contributed by atoms with Crippen molar-refractivity contribution >= 4 is 24.2 Å². The zero-order valence-electron chi connectivity index (χ0n) is 13.1. The van der Waals surface area contributed by atoms with Crippen molar-refractivity contribution in [1.29, 1.82) is 0 Å². The Morgan fingerprint density at radius 3 is 2.48 bits per heavy atom. The number of hydrogen-bond donors (Lipinski definition) is 2. The van der Waals surface area contributed by atoms with Crippen molar-refractivity contribution < 1.29 is 4.79 Å². The molecule has 116 valence electrons. The van der Waals surface area contributed by atoms with E-state index >= 15 is 0 Å². The molecular formula is C19H18N2OS. The molecule has 0 bridgehead atoms. The van der Waals surface area contributed by atoms with Crippen molar-refractivity contribution in [1.82, 2.24) is 4.57 Å². The summed E-state index contributed by atoms with van der Waals surface area (Å²) in [5, 5.41) is 2.96. The van der Waals surface area contributed by atoms with Gasteiger partial charge in [0.05, 0.1) is 5.69 Å². The number of carbonyl (C=O) groups excluding carboxylic acids is 1. The Kier molecular flexibility index (Phi) is 4.26. The fourth-order valence-corrected chi connectivity index (χ4v) is 2.70. The Morgan fingerprint density at radius 1 is 1.04 bits per heavy atom. The van der Waals surface area contributed by atoms with E-state index in [1.54, 1.807) is 12.1 Å². The number of hydrogen-bond acceptors (Lipinski definition) is 2. The van der Waals surface area contributed by atoms with E-state index in [2.05, 4.69) is 53.7 Å². The second-order valence-corrected chi connectivity index (χ2v) is 6.04. The molecule has 0 aliphatic carbocycles. The number of nitrogens with zero attached hydrogens (tertiary/aromatic N) is 1. The maximum atomic E-state index is 12.4. The van der Waals surface area contributed by atoms with E-state index in [4.69, 9.17) is 0 Å². The van der Waals surface area contributed by atoms with Crippen LogP contribution in [0.2, 0.25) is 0 Å². The molecule has 0 saturated carbocycles. The summed E-state index contributed by atoms with van der Waals surface area (Å²) in [6.07, 6.45) is 1.96. The van der Waals surface area contributed by atoms with Gasteiger partial charge in [0.25, 0.3) is 5.91 Å². The lowest BCUT2D eigenvalue weighted by atomic mass is 10.2. The molecule has 3 rings (SSSR count). The molecule has 1 aromatic heterocycles. The first kappa shape index (κ1) is 15.4. The summed E-state index contributed by atoms with van der Waals surface area (Å²) in [6.45, 7) is 4.05.